The zero-order valence-corrected chi connectivity index (χ0v) is 39.3. The first kappa shape index (κ1) is 43.6. The van der Waals surface area contributed by atoms with Crippen LogP contribution in [0.15, 0.2) is 279 Å². The summed E-state index contributed by atoms with van der Waals surface area (Å²) in [7, 11) is 0. The zero-order valence-electron chi connectivity index (χ0n) is 39.3. The Morgan fingerprint density at radius 3 is 0.861 bits per heavy atom. The molecule has 10 aromatic carbocycles. The Balaban J connectivity index is 1.01. The van der Waals surface area contributed by atoms with Gasteiger partial charge in [-0.2, -0.15) is 0 Å². The number of nitrogens with zero attached hydrogens (tertiary/aromatic N) is 4. The SMILES string of the molecule is c1ccc(-c2cc(-c3ccccc3)cc(-c3nc(-c4ccccc4)nc(-c4ccc(-c5cccc(-c6c(-c7ccccc7)c(-c7ccccc7)nc(-c7ccccc7)c6-c6ccccc6)c5)cc4)n3)c2)cc1. The van der Waals surface area contributed by atoms with E-state index >= 15 is 0 Å². The Morgan fingerprint density at radius 2 is 0.431 bits per heavy atom. The standard InChI is InChI=1S/C68H46N4/c1-8-23-47(24-9-1)58-44-59(48-25-10-2-11-26-48)46-60(45-58)68-71-66(54-35-20-7-21-36-54)70-67(72-68)55-41-39-49(40-42-55)56-37-22-38-57(43-56)61-62(50-27-12-3-13-28-50)64(52-31-16-5-17-32-52)69-65(53-33-18-6-19-34-53)63(61)51-29-14-4-15-30-51/h1-46H. The topological polar surface area (TPSA) is 51.6 Å². The second kappa shape index (κ2) is 19.8. The summed E-state index contributed by atoms with van der Waals surface area (Å²) in [6, 6.07) is 97.8. The van der Waals surface area contributed by atoms with Crippen LogP contribution in [-0.4, -0.2) is 19.9 Å². The third-order valence-corrected chi connectivity index (χ3v) is 13.1. The van der Waals surface area contributed by atoms with Crippen LogP contribution >= 0.6 is 0 Å². The molecule has 338 valence electrons. The molecule has 0 fully saturated rings. The van der Waals surface area contributed by atoms with E-state index in [1.54, 1.807) is 0 Å². The Morgan fingerprint density at radius 1 is 0.153 bits per heavy atom. The quantitative estimate of drug-likeness (QED) is 0.130. The fourth-order valence-electron chi connectivity index (χ4n) is 9.62. The Hall–Kier alpha value is -9.64. The predicted octanol–water partition coefficient (Wildman–Crippen LogP) is 17.6. The van der Waals surface area contributed by atoms with Crippen molar-refractivity contribution in [3.05, 3.63) is 279 Å². The van der Waals surface area contributed by atoms with Gasteiger partial charge in [0.25, 0.3) is 0 Å². The largest absolute Gasteiger partial charge is 0.246 e. The number of aromatic nitrogens is 4. The Bertz CT molecular complexity index is 3630. The lowest BCUT2D eigenvalue weighted by Crippen LogP contribution is -2.01. The zero-order chi connectivity index (χ0) is 48.1. The Kier molecular flexibility index (Phi) is 12.0. The summed E-state index contributed by atoms with van der Waals surface area (Å²) in [6.07, 6.45) is 0. The highest BCUT2D eigenvalue weighted by atomic mass is 15.0. The molecule has 0 spiro atoms. The van der Waals surface area contributed by atoms with Crippen LogP contribution < -0.4 is 0 Å². The average molecular weight is 919 g/mol. The molecule has 0 radical (unpaired) electrons. The second-order valence-electron chi connectivity index (χ2n) is 17.8. The minimum atomic E-state index is 0.601. The van der Waals surface area contributed by atoms with Gasteiger partial charge in [-0.15, -0.1) is 0 Å². The van der Waals surface area contributed by atoms with Gasteiger partial charge < -0.3 is 0 Å². The summed E-state index contributed by atoms with van der Waals surface area (Å²) in [5.41, 5.74) is 19.9. The molecule has 0 N–H and O–H groups in total. The van der Waals surface area contributed by atoms with Crippen LogP contribution in [0, 0.1) is 0 Å². The second-order valence-corrected chi connectivity index (χ2v) is 17.8. The third-order valence-electron chi connectivity index (χ3n) is 13.1. The van der Waals surface area contributed by atoms with Crippen molar-refractivity contribution in [3.8, 4) is 123 Å². The summed E-state index contributed by atoms with van der Waals surface area (Å²) in [5, 5.41) is 0. The van der Waals surface area contributed by atoms with Gasteiger partial charge in [-0.1, -0.05) is 255 Å². The molecule has 2 heterocycles. The van der Waals surface area contributed by atoms with Gasteiger partial charge in [0, 0.05) is 44.5 Å². The number of benzene rings is 10. The van der Waals surface area contributed by atoms with Crippen LogP contribution in [0.1, 0.15) is 0 Å². The maximum atomic E-state index is 5.64. The monoisotopic (exact) mass is 918 g/mol. The number of rotatable bonds is 11. The third kappa shape index (κ3) is 8.93. The normalized spacial score (nSPS) is 11.1. The van der Waals surface area contributed by atoms with Gasteiger partial charge in [-0.25, -0.2) is 19.9 Å². The fraction of sp³-hybridized carbons (Fsp3) is 0. The summed E-state index contributed by atoms with van der Waals surface area (Å²) in [5.74, 6) is 1.82. The van der Waals surface area contributed by atoms with Crippen molar-refractivity contribution in [2.24, 2.45) is 0 Å². The van der Waals surface area contributed by atoms with E-state index in [0.29, 0.717) is 17.5 Å². The van der Waals surface area contributed by atoms with E-state index in [9.17, 15) is 0 Å². The molecule has 0 aliphatic carbocycles. The van der Waals surface area contributed by atoms with E-state index in [0.717, 1.165) is 106 Å². The van der Waals surface area contributed by atoms with Crippen LogP contribution in [0.2, 0.25) is 0 Å². The molecule has 4 nitrogen and oxygen atoms in total. The average Bonchev–Trinajstić information content (AvgIpc) is 3.48. The van der Waals surface area contributed by atoms with Crippen molar-refractivity contribution in [1.82, 2.24) is 19.9 Å². The smallest absolute Gasteiger partial charge is 0.164 e. The molecule has 0 saturated heterocycles. The van der Waals surface area contributed by atoms with Crippen molar-refractivity contribution >= 4 is 0 Å². The number of hydrogen-bond donors (Lipinski definition) is 0. The van der Waals surface area contributed by atoms with E-state index in [1.165, 1.54) is 0 Å². The lowest BCUT2D eigenvalue weighted by atomic mass is 9.83. The molecule has 2 aromatic heterocycles. The van der Waals surface area contributed by atoms with Crippen LogP contribution in [0.5, 0.6) is 0 Å². The number of hydrogen-bond acceptors (Lipinski definition) is 4. The van der Waals surface area contributed by atoms with Gasteiger partial charge in [0.05, 0.1) is 11.4 Å². The molecule has 12 aromatic rings. The first-order valence-corrected chi connectivity index (χ1v) is 24.3. The molecule has 0 unspecified atom stereocenters. The van der Waals surface area contributed by atoms with E-state index in [4.69, 9.17) is 19.9 Å². The molecular formula is C68H46N4. The predicted molar refractivity (Wildman–Crippen MR) is 297 cm³/mol. The van der Waals surface area contributed by atoms with Gasteiger partial charge in [-0.3, -0.25) is 0 Å². The van der Waals surface area contributed by atoms with Gasteiger partial charge in [-0.05, 0) is 74.3 Å². The molecule has 0 atom stereocenters. The molecule has 0 aliphatic rings. The Labute approximate surface area is 420 Å². The summed E-state index contributed by atoms with van der Waals surface area (Å²) >= 11 is 0. The van der Waals surface area contributed by atoms with Crippen LogP contribution in [0.3, 0.4) is 0 Å². The van der Waals surface area contributed by atoms with Crippen molar-refractivity contribution in [2.45, 2.75) is 0 Å². The lowest BCUT2D eigenvalue weighted by Gasteiger charge is -2.23. The summed E-state index contributed by atoms with van der Waals surface area (Å²) < 4.78 is 0. The van der Waals surface area contributed by atoms with Crippen LogP contribution in [0.4, 0.5) is 0 Å². The molecule has 72 heavy (non-hydrogen) atoms. The first-order chi connectivity index (χ1) is 35.7. The van der Waals surface area contributed by atoms with E-state index in [1.807, 2.05) is 30.3 Å². The van der Waals surface area contributed by atoms with E-state index in [2.05, 4.69) is 249 Å². The summed E-state index contributed by atoms with van der Waals surface area (Å²) in [4.78, 5) is 21.2. The highest BCUT2D eigenvalue weighted by molar-refractivity contribution is 6.05. The van der Waals surface area contributed by atoms with Gasteiger partial charge in [0.15, 0.2) is 17.5 Å². The van der Waals surface area contributed by atoms with Crippen LogP contribution in [0.25, 0.3) is 123 Å². The molecule has 0 amide bonds. The van der Waals surface area contributed by atoms with Crippen molar-refractivity contribution in [1.29, 1.82) is 0 Å². The number of pyridine rings is 1. The minimum Gasteiger partial charge on any atom is -0.246 e. The van der Waals surface area contributed by atoms with Gasteiger partial charge >= 0.3 is 0 Å². The molecule has 4 heteroatoms. The van der Waals surface area contributed by atoms with Gasteiger partial charge in [0.2, 0.25) is 0 Å². The maximum Gasteiger partial charge on any atom is 0.164 e. The molecule has 0 bridgehead atoms. The molecular weight excluding hydrogens is 873 g/mol. The molecule has 12 rings (SSSR count). The van der Waals surface area contributed by atoms with Crippen molar-refractivity contribution in [3.63, 3.8) is 0 Å². The van der Waals surface area contributed by atoms with E-state index < -0.39 is 0 Å². The van der Waals surface area contributed by atoms with Crippen LogP contribution in [-0.2, 0) is 0 Å². The van der Waals surface area contributed by atoms with Gasteiger partial charge in [0.1, 0.15) is 0 Å². The lowest BCUT2D eigenvalue weighted by molar-refractivity contribution is 1.07. The van der Waals surface area contributed by atoms with Crippen molar-refractivity contribution < 1.29 is 0 Å². The van der Waals surface area contributed by atoms with Crippen molar-refractivity contribution in [2.75, 3.05) is 0 Å². The summed E-state index contributed by atoms with van der Waals surface area (Å²) in [6.45, 7) is 0. The first-order valence-electron chi connectivity index (χ1n) is 24.3. The fourth-order valence-corrected chi connectivity index (χ4v) is 9.62. The molecule has 0 aliphatic heterocycles. The highest BCUT2D eigenvalue weighted by Gasteiger charge is 2.25. The highest BCUT2D eigenvalue weighted by Crippen LogP contribution is 2.49. The molecule has 0 saturated carbocycles. The minimum absolute atomic E-state index is 0.601. The van der Waals surface area contributed by atoms with E-state index in [-0.39, 0.29) is 0 Å². The maximum absolute atomic E-state index is 5.64.